The van der Waals surface area contributed by atoms with E-state index in [4.69, 9.17) is 3.07 Å². The second-order valence-corrected chi connectivity index (χ2v) is 10.1. The maximum atomic E-state index is 5.82. The summed E-state index contributed by atoms with van der Waals surface area (Å²) in [5.74, 6) is 0. The first-order valence-corrected chi connectivity index (χ1v) is 10.1. The molecule has 3 heteroatoms. The Labute approximate surface area is 83.3 Å². The van der Waals surface area contributed by atoms with Crippen LogP contribution in [0.3, 0.4) is 0 Å². The minimum atomic E-state index is -1.18. The maximum absolute atomic E-state index is 5.82. The number of unbranched alkanes of at least 4 members (excludes halogenated alkanes) is 2. The van der Waals surface area contributed by atoms with Crippen LogP contribution in [0.15, 0.2) is 0 Å². The van der Waals surface area contributed by atoms with E-state index in [9.17, 15) is 0 Å². The molecule has 0 aromatic carbocycles. The van der Waals surface area contributed by atoms with Crippen molar-refractivity contribution >= 4 is 20.2 Å². The third-order valence-electron chi connectivity index (χ3n) is 2.22. The fraction of sp³-hybridized carbons (Fsp3) is 1.00. The van der Waals surface area contributed by atoms with Crippen molar-refractivity contribution in [1.82, 2.24) is 0 Å². The average molecular weight is 280 g/mol. The molecule has 0 aromatic rings. The van der Waals surface area contributed by atoms with Crippen molar-refractivity contribution in [3.8, 4) is 0 Å². The molecular weight excluding hydrogens is 259 g/mol. The van der Waals surface area contributed by atoms with Gasteiger partial charge in [-0.25, -0.2) is 0 Å². The molecule has 0 bridgehead atoms. The number of hydrogen-bond acceptors (Lipinski definition) is 1. The molecule has 0 amide bonds. The summed E-state index contributed by atoms with van der Waals surface area (Å²) in [7, 11) is 0. The van der Waals surface area contributed by atoms with Crippen molar-refractivity contribution in [2.45, 2.75) is 47.9 Å². The third-order valence-corrected chi connectivity index (χ3v) is 9.16. The van der Waals surface area contributed by atoms with Crippen molar-refractivity contribution in [1.29, 1.82) is 0 Å². The van der Waals surface area contributed by atoms with Crippen LogP contribution in [-0.2, 0) is 3.07 Å². The largest absolute Gasteiger partial charge is 0.412 e. The van der Waals surface area contributed by atoms with Gasteiger partial charge in [0.05, 0.1) is 0 Å². The van der Waals surface area contributed by atoms with Gasteiger partial charge in [0.25, 0.3) is 0 Å². The monoisotopic (exact) mass is 281 g/mol. The molecule has 2 nitrogen and oxygen atoms in total. The normalized spacial score (nSPS) is 18.8. The quantitative estimate of drug-likeness (QED) is 0.574. The first-order chi connectivity index (χ1) is 5.43. The molecule has 2 N–H and O–H groups in total. The van der Waals surface area contributed by atoms with E-state index in [0.717, 1.165) is 6.61 Å². The van der Waals surface area contributed by atoms with Gasteiger partial charge in [0.15, 0.2) is 0 Å². The fourth-order valence-corrected chi connectivity index (χ4v) is 7.93. The average Bonchev–Trinajstić information content (AvgIpc) is 2.07. The van der Waals surface area contributed by atoms with Crippen molar-refractivity contribution in [2.75, 3.05) is 6.61 Å². The molecule has 0 atom stereocenters. The molecule has 1 aliphatic rings. The van der Waals surface area contributed by atoms with Crippen LogP contribution in [0.4, 0.5) is 0 Å². The van der Waals surface area contributed by atoms with Gasteiger partial charge in [-0.3, -0.25) is 0 Å². The Morgan fingerprint density at radius 2 is 2.08 bits per heavy atom. The van der Waals surface area contributed by atoms with Gasteiger partial charge < -0.3 is 5.48 Å². The SMILES string of the molecule is CCCC[CH2][Sn]1[CH2]CCC[O]1.O. The Bertz CT molecular complexity index is 92.5. The van der Waals surface area contributed by atoms with Crippen molar-refractivity contribution in [2.24, 2.45) is 0 Å². The van der Waals surface area contributed by atoms with E-state index in [2.05, 4.69) is 6.92 Å². The molecular formula is C9H21O2Sn. The Balaban J connectivity index is 0.00000121. The molecule has 0 unspecified atom stereocenters. The summed E-state index contributed by atoms with van der Waals surface area (Å²) < 4.78 is 8.82. The molecule has 0 saturated carbocycles. The van der Waals surface area contributed by atoms with Gasteiger partial charge in [0.1, 0.15) is 0 Å². The van der Waals surface area contributed by atoms with Crippen LogP contribution in [0.25, 0.3) is 0 Å². The molecule has 1 heterocycles. The predicted molar refractivity (Wildman–Crippen MR) is 53.7 cm³/mol. The zero-order valence-electron chi connectivity index (χ0n) is 8.07. The summed E-state index contributed by atoms with van der Waals surface area (Å²) in [4.78, 5) is 0. The van der Waals surface area contributed by atoms with E-state index in [1.54, 1.807) is 0 Å². The van der Waals surface area contributed by atoms with Gasteiger partial charge in [-0.05, 0) is 0 Å². The van der Waals surface area contributed by atoms with Crippen LogP contribution in [0.2, 0.25) is 8.87 Å². The predicted octanol–water partition coefficient (Wildman–Crippen LogP) is 2.15. The van der Waals surface area contributed by atoms with E-state index in [-0.39, 0.29) is 5.48 Å². The number of rotatable bonds is 4. The van der Waals surface area contributed by atoms with Gasteiger partial charge in [-0.2, -0.15) is 0 Å². The second-order valence-electron chi connectivity index (χ2n) is 3.30. The van der Waals surface area contributed by atoms with Crippen LogP contribution in [0.1, 0.15) is 39.0 Å². The molecule has 0 aromatic heterocycles. The van der Waals surface area contributed by atoms with E-state index >= 15 is 0 Å². The summed E-state index contributed by atoms with van der Waals surface area (Å²) in [6.07, 6.45) is 7.04. The number of hydrogen-bond donors (Lipinski definition) is 0. The van der Waals surface area contributed by atoms with Crippen LogP contribution in [-0.4, -0.2) is 32.3 Å². The van der Waals surface area contributed by atoms with E-state index < -0.39 is 20.2 Å². The molecule has 0 spiro atoms. The summed E-state index contributed by atoms with van der Waals surface area (Å²) >= 11 is -1.18. The Morgan fingerprint density at radius 3 is 2.67 bits per heavy atom. The Morgan fingerprint density at radius 1 is 1.25 bits per heavy atom. The molecule has 1 radical (unpaired) electrons. The van der Waals surface area contributed by atoms with Crippen LogP contribution < -0.4 is 0 Å². The van der Waals surface area contributed by atoms with E-state index in [0.29, 0.717) is 0 Å². The summed E-state index contributed by atoms with van der Waals surface area (Å²) in [5.41, 5.74) is 0. The van der Waals surface area contributed by atoms with Crippen LogP contribution in [0, 0.1) is 0 Å². The van der Waals surface area contributed by atoms with Gasteiger partial charge in [-0.15, -0.1) is 0 Å². The van der Waals surface area contributed by atoms with E-state index in [1.165, 1.54) is 41.0 Å². The minimum absolute atomic E-state index is 0. The van der Waals surface area contributed by atoms with Crippen molar-refractivity contribution in [3.63, 3.8) is 0 Å². The van der Waals surface area contributed by atoms with E-state index in [1.807, 2.05) is 0 Å². The molecule has 1 aliphatic heterocycles. The minimum Gasteiger partial charge on any atom is -0.412 e. The van der Waals surface area contributed by atoms with Gasteiger partial charge in [0, 0.05) is 0 Å². The molecule has 0 aliphatic carbocycles. The molecule has 1 rings (SSSR count). The van der Waals surface area contributed by atoms with Gasteiger partial charge in [-0.1, -0.05) is 0 Å². The van der Waals surface area contributed by atoms with Crippen molar-refractivity contribution < 1.29 is 8.55 Å². The summed E-state index contributed by atoms with van der Waals surface area (Å²) in [5, 5.41) is 0. The van der Waals surface area contributed by atoms with Crippen LogP contribution >= 0.6 is 0 Å². The first kappa shape index (κ1) is 12.7. The second kappa shape index (κ2) is 8.32. The molecule has 1 saturated heterocycles. The molecule has 12 heavy (non-hydrogen) atoms. The topological polar surface area (TPSA) is 40.7 Å². The Hall–Kier alpha value is 0.719. The van der Waals surface area contributed by atoms with Crippen molar-refractivity contribution in [3.05, 3.63) is 0 Å². The van der Waals surface area contributed by atoms with Crippen LogP contribution in [0.5, 0.6) is 0 Å². The summed E-state index contributed by atoms with van der Waals surface area (Å²) in [6, 6.07) is 0. The standard InChI is InChI=1S/C5H11.C4H8O.H2O.Sn/c1-3-5-4-2;1-2-3-4-5;;/h1,3-5H2,2H3;1-4H2;1H2;/q;-1;;+1. The van der Waals surface area contributed by atoms with Gasteiger partial charge >= 0.3 is 77.8 Å². The molecule has 73 valence electrons. The molecule has 1 fully saturated rings. The summed E-state index contributed by atoms with van der Waals surface area (Å²) in [6.45, 7) is 3.37. The zero-order chi connectivity index (χ0) is 7.94. The Kier molecular flexibility index (Phi) is 8.82. The van der Waals surface area contributed by atoms with Gasteiger partial charge in [0.2, 0.25) is 0 Å². The third kappa shape index (κ3) is 5.38. The first-order valence-electron chi connectivity index (χ1n) is 4.91. The smallest absolute Gasteiger partial charge is 0.412 e. The maximum Gasteiger partial charge on any atom is -0.412 e. The zero-order valence-corrected chi connectivity index (χ0v) is 10.9. The fourth-order valence-electron chi connectivity index (χ4n) is 1.48.